The largest absolute Gasteiger partial charge is 0.489 e. The normalized spacial score (nSPS) is 13.1. The number of benzene rings is 2. The molecule has 3 nitrogen and oxygen atoms in total. The van der Waals surface area contributed by atoms with Gasteiger partial charge in [-0.05, 0) is 23.3 Å². The molecule has 0 heterocycles. The minimum absolute atomic E-state index is 0.238. The fourth-order valence-electron chi connectivity index (χ4n) is 2.34. The van der Waals surface area contributed by atoms with Crippen LogP contribution in [0.25, 0.3) is 0 Å². The van der Waals surface area contributed by atoms with Crippen LogP contribution in [-0.2, 0) is 11.4 Å². The average Bonchev–Trinajstić information content (AvgIpc) is 2.55. The van der Waals surface area contributed by atoms with E-state index in [0.29, 0.717) is 6.61 Å². The lowest BCUT2D eigenvalue weighted by Crippen LogP contribution is -2.17. The predicted octanol–water partition coefficient (Wildman–Crippen LogP) is 4.26. The molecule has 0 aromatic heterocycles. The van der Waals surface area contributed by atoms with E-state index in [4.69, 9.17) is 4.74 Å². The first kappa shape index (κ1) is 15.8. The molecule has 2 atom stereocenters. The van der Waals surface area contributed by atoms with Gasteiger partial charge < -0.3 is 9.84 Å². The summed E-state index contributed by atoms with van der Waals surface area (Å²) in [7, 11) is 0. The molecule has 2 aromatic carbocycles. The van der Waals surface area contributed by atoms with Gasteiger partial charge in [-0.1, -0.05) is 55.5 Å². The van der Waals surface area contributed by atoms with Crippen molar-refractivity contribution in [1.29, 1.82) is 0 Å². The molecule has 1 N–H and O–H groups in total. The Morgan fingerprint density at radius 1 is 1.23 bits per heavy atom. The first-order valence-corrected chi connectivity index (χ1v) is 7.24. The van der Waals surface area contributed by atoms with Crippen molar-refractivity contribution in [2.45, 2.75) is 19.4 Å². The molecule has 2 rings (SSSR count). The Hall–Kier alpha value is -2.55. The van der Waals surface area contributed by atoms with Crippen LogP contribution in [-0.4, -0.2) is 11.1 Å². The molecule has 0 aliphatic heterocycles. The third kappa shape index (κ3) is 3.98. The first-order valence-electron chi connectivity index (χ1n) is 7.24. The van der Waals surface area contributed by atoms with E-state index in [1.54, 1.807) is 13.0 Å². The quantitative estimate of drug-likeness (QED) is 0.777. The van der Waals surface area contributed by atoms with Crippen LogP contribution in [0.1, 0.15) is 24.0 Å². The van der Waals surface area contributed by atoms with Gasteiger partial charge in [0.05, 0.1) is 5.92 Å². The van der Waals surface area contributed by atoms with Gasteiger partial charge in [-0.2, -0.15) is 0 Å². The molecule has 3 heteroatoms. The zero-order chi connectivity index (χ0) is 15.9. The fraction of sp³-hybridized carbons (Fsp3) is 0.211. The molecule has 22 heavy (non-hydrogen) atoms. The lowest BCUT2D eigenvalue weighted by molar-refractivity contribution is -0.141. The van der Waals surface area contributed by atoms with Crippen LogP contribution in [0, 0.1) is 5.92 Å². The third-order valence-corrected chi connectivity index (χ3v) is 3.67. The van der Waals surface area contributed by atoms with Gasteiger partial charge in [0, 0.05) is 5.92 Å². The van der Waals surface area contributed by atoms with E-state index in [0.717, 1.165) is 16.9 Å². The number of hydrogen-bond donors (Lipinski definition) is 1. The average molecular weight is 296 g/mol. The second kappa shape index (κ2) is 7.46. The van der Waals surface area contributed by atoms with Crippen LogP contribution < -0.4 is 4.74 Å². The molecule has 0 unspecified atom stereocenters. The molecule has 0 fully saturated rings. The number of aliphatic carboxylic acids is 1. The summed E-state index contributed by atoms with van der Waals surface area (Å²) in [6, 6.07) is 17.4. The summed E-state index contributed by atoms with van der Waals surface area (Å²) < 4.78 is 5.79. The first-order chi connectivity index (χ1) is 10.6. The summed E-state index contributed by atoms with van der Waals surface area (Å²) in [4.78, 5) is 11.2. The molecular weight excluding hydrogens is 276 g/mol. The Morgan fingerprint density at radius 2 is 1.95 bits per heavy atom. The van der Waals surface area contributed by atoms with Gasteiger partial charge in [0.2, 0.25) is 0 Å². The lowest BCUT2D eigenvalue weighted by Gasteiger charge is -2.18. The standard InChI is InChI=1S/C19H20O3/c1-3-18(14(2)19(20)21)16-10-7-11-17(12-16)22-13-15-8-5-4-6-9-15/h3-12,14,18H,1,13H2,2H3,(H,20,21)/t14-,18-/m1/s1. The van der Waals surface area contributed by atoms with E-state index in [2.05, 4.69) is 6.58 Å². The SMILES string of the molecule is C=C[C@@H](c1cccc(OCc2ccccc2)c1)[C@@H](C)C(=O)O. The topological polar surface area (TPSA) is 46.5 Å². The van der Waals surface area contributed by atoms with Crippen LogP contribution in [0.15, 0.2) is 67.3 Å². The minimum atomic E-state index is -0.833. The highest BCUT2D eigenvalue weighted by molar-refractivity contribution is 5.71. The Labute approximate surface area is 130 Å². The molecular formula is C19H20O3. The molecule has 114 valence electrons. The zero-order valence-electron chi connectivity index (χ0n) is 12.6. The second-order valence-electron chi connectivity index (χ2n) is 5.24. The minimum Gasteiger partial charge on any atom is -0.489 e. The van der Waals surface area contributed by atoms with Gasteiger partial charge in [0.1, 0.15) is 12.4 Å². The number of ether oxygens (including phenoxy) is 1. The van der Waals surface area contributed by atoms with E-state index in [1.807, 2.05) is 54.6 Å². The lowest BCUT2D eigenvalue weighted by atomic mass is 9.87. The fourth-order valence-corrected chi connectivity index (χ4v) is 2.34. The maximum Gasteiger partial charge on any atom is 0.307 e. The number of carboxylic acids is 1. The van der Waals surface area contributed by atoms with Gasteiger partial charge in [0.25, 0.3) is 0 Å². The molecule has 0 aliphatic rings. The Kier molecular flexibility index (Phi) is 5.37. The van der Waals surface area contributed by atoms with Gasteiger partial charge in [-0.3, -0.25) is 4.79 Å². The summed E-state index contributed by atoms with van der Waals surface area (Å²) in [6.07, 6.45) is 1.68. The summed E-state index contributed by atoms with van der Waals surface area (Å²) in [5.74, 6) is -0.869. The van der Waals surface area contributed by atoms with E-state index in [-0.39, 0.29) is 5.92 Å². The van der Waals surface area contributed by atoms with Crippen molar-refractivity contribution in [2.75, 3.05) is 0 Å². The van der Waals surface area contributed by atoms with Crippen molar-refractivity contribution in [3.8, 4) is 5.75 Å². The van der Waals surface area contributed by atoms with Crippen LogP contribution in [0.5, 0.6) is 5.75 Å². The van der Waals surface area contributed by atoms with Crippen molar-refractivity contribution in [1.82, 2.24) is 0 Å². The predicted molar refractivity (Wildman–Crippen MR) is 87.0 cm³/mol. The van der Waals surface area contributed by atoms with Crippen molar-refractivity contribution in [2.24, 2.45) is 5.92 Å². The Morgan fingerprint density at radius 3 is 2.59 bits per heavy atom. The molecule has 0 saturated heterocycles. The van der Waals surface area contributed by atoms with Crippen molar-refractivity contribution >= 4 is 5.97 Å². The highest BCUT2D eigenvalue weighted by atomic mass is 16.5. The van der Waals surface area contributed by atoms with Gasteiger partial charge in [-0.15, -0.1) is 6.58 Å². The van der Waals surface area contributed by atoms with E-state index in [1.165, 1.54) is 0 Å². The number of rotatable bonds is 7. The number of allylic oxidation sites excluding steroid dienone is 1. The highest BCUT2D eigenvalue weighted by Crippen LogP contribution is 2.28. The van der Waals surface area contributed by atoms with E-state index in [9.17, 15) is 9.90 Å². The van der Waals surface area contributed by atoms with Crippen molar-refractivity contribution in [3.63, 3.8) is 0 Å². The monoisotopic (exact) mass is 296 g/mol. The third-order valence-electron chi connectivity index (χ3n) is 3.67. The van der Waals surface area contributed by atoms with Crippen molar-refractivity contribution < 1.29 is 14.6 Å². The maximum atomic E-state index is 11.2. The molecule has 0 radical (unpaired) electrons. The summed E-state index contributed by atoms with van der Waals surface area (Å²) >= 11 is 0. The van der Waals surface area contributed by atoms with Crippen LogP contribution in [0.4, 0.5) is 0 Å². The van der Waals surface area contributed by atoms with Gasteiger partial charge in [-0.25, -0.2) is 0 Å². The number of carboxylic acid groups (broad SMARTS) is 1. The molecule has 0 amide bonds. The number of carbonyl (C=O) groups is 1. The zero-order valence-corrected chi connectivity index (χ0v) is 12.6. The van der Waals surface area contributed by atoms with Crippen LogP contribution in [0.2, 0.25) is 0 Å². The van der Waals surface area contributed by atoms with Gasteiger partial charge in [0.15, 0.2) is 0 Å². The van der Waals surface area contributed by atoms with Gasteiger partial charge >= 0.3 is 5.97 Å². The molecule has 0 saturated carbocycles. The Bertz CT molecular complexity index is 634. The molecule has 0 spiro atoms. The molecule has 0 bridgehead atoms. The van der Waals surface area contributed by atoms with Crippen LogP contribution >= 0.6 is 0 Å². The summed E-state index contributed by atoms with van der Waals surface area (Å²) in [5.41, 5.74) is 1.99. The Balaban J connectivity index is 2.12. The highest BCUT2D eigenvalue weighted by Gasteiger charge is 2.22. The summed E-state index contributed by atoms with van der Waals surface area (Å²) in [5, 5.41) is 9.19. The van der Waals surface area contributed by atoms with Crippen molar-refractivity contribution in [3.05, 3.63) is 78.4 Å². The van der Waals surface area contributed by atoms with Crippen LogP contribution in [0.3, 0.4) is 0 Å². The van der Waals surface area contributed by atoms with E-state index >= 15 is 0 Å². The maximum absolute atomic E-state index is 11.2. The van der Waals surface area contributed by atoms with E-state index < -0.39 is 11.9 Å². The number of hydrogen-bond acceptors (Lipinski definition) is 2. The molecule has 2 aromatic rings. The summed E-state index contributed by atoms with van der Waals surface area (Å²) in [6.45, 7) is 5.93. The molecule has 0 aliphatic carbocycles. The second-order valence-corrected chi connectivity index (χ2v) is 5.24. The smallest absolute Gasteiger partial charge is 0.307 e.